The molecule has 2 heterocycles. The number of sulfone groups is 1. The van der Waals surface area contributed by atoms with Crippen LogP contribution in [0.15, 0.2) is 22.7 Å². The standard InChI is InChI=1S/C7H7N3O2S2/c1-14(11,12)7-8-6(9-10-7)5-3-2-4-13-5/h2-4H,1H3,(H,8,9,10). The summed E-state index contributed by atoms with van der Waals surface area (Å²) in [5.41, 5.74) is 0. The highest BCUT2D eigenvalue weighted by Gasteiger charge is 2.14. The van der Waals surface area contributed by atoms with E-state index in [1.807, 2.05) is 17.5 Å². The number of thiophene rings is 1. The third-order valence-corrected chi connectivity index (χ3v) is 3.31. The second-order valence-corrected chi connectivity index (χ2v) is 5.59. The molecule has 2 rings (SSSR count). The highest BCUT2D eigenvalue weighted by atomic mass is 32.2. The van der Waals surface area contributed by atoms with Gasteiger partial charge in [-0.25, -0.2) is 13.5 Å². The molecule has 74 valence electrons. The van der Waals surface area contributed by atoms with E-state index in [9.17, 15) is 8.42 Å². The molecule has 0 aliphatic heterocycles. The SMILES string of the molecule is CS(=O)(=O)c1nc(-c2cccs2)n[nH]1. The van der Waals surface area contributed by atoms with Gasteiger partial charge >= 0.3 is 0 Å². The second kappa shape index (κ2) is 3.18. The predicted octanol–water partition coefficient (Wildman–Crippen LogP) is 0.937. The molecule has 0 atom stereocenters. The minimum absolute atomic E-state index is 0.0964. The van der Waals surface area contributed by atoms with E-state index in [0.29, 0.717) is 5.82 Å². The number of H-pyrrole nitrogens is 1. The van der Waals surface area contributed by atoms with Gasteiger partial charge in [0.2, 0.25) is 15.0 Å². The highest BCUT2D eigenvalue weighted by molar-refractivity contribution is 7.90. The molecule has 0 aliphatic carbocycles. The molecule has 0 saturated carbocycles. The summed E-state index contributed by atoms with van der Waals surface area (Å²) >= 11 is 1.46. The quantitative estimate of drug-likeness (QED) is 0.831. The first-order chi connectivity index (χ1) is 6.57. The molecule has 0 unspecified atom stereocenters. The number of rotatable bonds is 2. The number of hydrogen-bond acceptors (Lipinski definition) is 5. The zero-order valence-electron chi connectivity index (χ0n) is 7.26. The van der Waals surface area contributed by atoms with Crippen LogP contribution in [0.1, 0.15) is 0 Å². The molecule has 1 N–H and O–H groups in total. The van der Waals surface area contributed by atoms with Gasteiger partial charge < -0.3 is 0 Å². The summed E-state index contributed by atoms with van der Waals surface area (Å²) in [6.07, 6.45) is 1.09. The lowest BCUT2D eigenvalue weighted by atomic mass is 10.4. The Kier molecular flexibility index (Phi) is 2.12. The van der Waals surface area contributed by atoms with Crippen LogP contribution in [-0.2, 0) is 9.84 Å². The lowest BCUT2D eigenvalue weighted by Crippen LogP contribution is -1.99. The largest absolute Gasteiger partial charge is 0.249 e. The topological polar surface area (TPSA) is 75.7 Å². The summed E-state index contributed by atoms with van der Waals surface area (Å²) in [7, 11) is -3.30. The van der Waals surface area contributed by atoms with E-state index in [0.717, 1.165) is 11.1 Å². The highest BCUT2D eigenvalue weighted by Crippen LogP contribution is 2.20. The smallest absolute Gasteiger partial charge is 0.243 e. The Balaban J connectivity index is 2.46. The minimum Gasteiger partial charge on any atom is -0.249 e. The number of aromatic nitrogens is 3. The third kappa shape index (κ3) is 1.68. The molecule has 5 nitrogen and oxygen atoms in total. The zero-order chi connectivity index (χ0) is 10.2. The van der Waals surface area contributed by atoms with Crippen LogP contribution in [0.25, 0.3) is 10.7 Å². The van der Waals surface area contributed by atoms with Crippen molar-refractivity contribution in [2.75, 3.05) is 6.26 Å². The molecule has 0 radical (unpaired) electrons. The van der Waals surface area contributed by atoms with Gasteiger partial charge in [-0.3, -0.25) is 0 Å². The summed E-state index contributed by atoms with van der Waals surface area (Å²) in [6.45, 7) is 0. The monoisotopic (exact) mass is 229 g/mol. The van der Waals surface area contributed by atoms with Crippen molar-refractivity contribution in [3.8, 4) is 10.7 Å². The first kappa shape index (κ1) is 9.35. The number of nitrogens with one attached hydrogen (secondary N) is 1. The third-order valence-electron chi connectivity index (χ3n) is 1.56. The molecular formula is C7H7N3O2S2. The molecule has 0 fully saturated rings. The first-order valence-electron chi connectivity index (χ1n) is 3.74. The van der Waals surface area contributed by atoms with E-state index >= 15 is 0 Å². The van der Waals surface area contributed by atoms with Crippen molar-refractivity contribution in [1.82, 2.24) is 15.2 Å². The minimum atomic E-state index is -3.30. The van der Waals surface area contributed by atoms with E-state index < -0.39 is 9.84 Å². The van der Waals surface area contributed by atoms with Crippen LogP contribution in [0, 0.1) is 0 Å². The first-order valence-corrected chi connectivity index (χ1v) is 6.51. The van der Waals surface area contributed by atoms with Crippen LogP contribution in [0.3, 0.4) is 0 Å². The Morgan fingerprint density at radius 3 is 2.79 bits per heavy atom. The summed E-state index contributed by atoms with van der Waals surface area (Å²) in [5.74, 6) is 0.417. The van der Waals surface area contributed by atoms with Crippen molar-refractivity contribution >= 4 is 21.2 Å². The molecule has 0 spiro atoms. The molecule has 2 aromatic rings. The van der Waals surface area contributed by atoms with Crippen molar-refractivity contribution < 1.29 is 8.42 Å². The van der Waals surface area contributed by atoms with Gasteiger partial charge in [-0.15, -0.1) is 11.3 Å². The Hall–Kier alpha value is -1.21. The summed E-state index contributed by atoms with van der Waals surface area (Å²) in [5, 5.41) is 8.00. The normalized spacial score (nSPS) is 11.8. The summed E-state index contributed by atoms with van der Waals surface area (Å²) in [4.78, 5) is 4.72. The van der Waals surface area contributed by atoms with E-state index in [-0.39, 0.29) is 5.16 Å². The van der Waals surface area contributed by atoms with Crippen molar-refractivity contribution in [3.63, 3.8) is 0 Å². The number of hydrogen-bond donors (Lipinski definition) is 1. The lowest BCUT2D eigenvalue weighted by Gasteiger charge is -1.86. The van der Waals surface area contributed by atoms with Gasteiger partial charge in [0, 0.05) is 6.26 Å². The van der Waals surface area contributed by atoms with Gasteiger partial charge in [0.15, 0.2) is 5.82 Å². The van der Waals surface area contributed by atoms with Gasteiger partial charge in [0.25, 0.3) is 0 Å². The molecule has 7 heteroatoms. The Morgan fingerprint density at radius 2 is 2.29 bits per heavy atom. The Morgan fingerprint density at radius 1 is 1.50 bits per heavy atom. The summed E-state index contributed by atoms with van der Waals surface area (Å²) < 4.78 is 22.2. The lowest BCUT2D eigenvalue weighted by molar-refractivity contribution is 0.594. The van der Waals surface area contributed by atoms with Gasteiger partial charge in [-0.2, -0.15) is 10.1 Å². The molecule has 14 heavy (non-hydrogen) atoms. The summed E-state index contributed by atoms with van der Waals surface area (Å²) in [6, 6.07) is 3.69. The molecule has 0 saturated heterocycles. The maximum atomic E-state index is 11.1. The van der Waals surface area contributed by atoms with Crippen LogP contribution in [0.5, 0.6) is 0 Å². The maximum Gasteiger partial charge on any atom is 0.243 e. The number of aromatic amines is 1. The average Bonchev–Trinajstić information content (AvgIpc) is 2.73. The number of nitrogens with zero attached hydrogens (tertiary/aromatic N) is 2. The zero-order valence-corrected chi connectivity index (χ0v) is 8.89. The van der Waals surface area contributed by atoms with E-state index in [4.69, 9.17) is 0 Å². The molecule has 0 aromatic carbocycles. The van der Waals surface area contributed by atoms with E-state index in [1.54, 1.807) is 0 Å². The fourth-order valence-corrected chi connectivity index (χ4v) is 2.05. The van der Waals surface area contributed by atoms with Crippen molar-refractivity contribution in [3.05, 3.63) is 17.5 Å². The average molecular weight is 229 g/mol. The Labute approximate surface area is 84.7 Å². The van der Waals surface area contributed by atoms with E-state index in [1.165, 1.54) is 11.3 Å². The van der Waals surface area contributed by atoms with Crippen molar-refractivity contribution in [1.29, 1.82) is 0 Å². The second-order valence-electron chi connectivity index (χ2n) is 2.71. The molecule has 2 aromatic heterocycles. The van der Waals surface area contributed by atoms with Gasteiger partial charge in [-0.05, 0) is 11.4 Å². The van der Waals surface area contributed by atoms with Crippen LogP contribution in [-0.4, -0.2) is 29.9 Å². The van der Waals surface area contributed by atoms with Crippen LogP contribution in [0.2, 0.25) is 0 Å². The van der Waals surface area contributed by atoms with Crippen molar-refractivity contribution in [2.45, 2.75) is 5.16 Å². The van der Waals surface area contributed by atoms with Gasteiger partial charge in [0.05, 0.1) is 4.88 Å². The van der Waals surface area contributed by atoms with Crippen LogP contribution in [0.4, 0.5) is 0 Å². The molecule has 0 bridgehead atoms. The molecular weight excluding hydrogens is 222 g/mol. The van der Waals surface area contributed by atoms with Gasteiger partial charge in [-0.1, -0.05) is 6.07 Å². The van der Waals surface area contributed by atoms with Crippen LogP contribution < -0.4 is 0 Å². The maximum absolute atomic E-state index is 11.1. The fourth-order valence-electron chi connectivity index (χ4n) is 0.929. The molecule has 0 amide bonds. The molecule has 0 aliphatic rings. The predicted molar refractivity (Wildman–Crippen MR) is 52.8 cm³/mol. The van der Waals surface area contributed by atoms with Gasteiger partial charge in [0.1, 0.15) is 0 Å². The van der Waals surface area contributed by atoms with Crippen molar-refractivity contribution in [2.24, 2.45) is 0 Å². The Bertz CT molecular complexity index is 527. The van der Waals surface area contributed by atoms with E-state index in [2.05, 4.69) is 15.2 Å². The van der Waals surface area contributed by atoms with Crippen LogP contribution >= 0.6 is 11.3 Å². The fraction of sp³-hybridized carbons (Fsp3) is 0.143.